The molecular weight excluding hydrogens is 344 g/mol. The van der Waals surface area contributed by atoms with Gasteiger partial charge in [-0.1, -0.05) is 36.1 Å². The summed E-state index contributed by atoms with van der Waals surface area (Å²) in [6.07, 6.45) is 2.01. The molecule has 1 aliphatic heterocycles. The van der Waals surface area contributed by atoms with Crippen LogP contribution in [0.4, 0.5) is 0 Å². The Kier molecular flexibility index (Phi) is 6.39. The fraction of sp³-hybridized carbons (Fsp3) is 0.353. The molecule has 0 aliphatic carbocycles. The van der Waals surface area contributed by atoms with Gasteiger partial charge < -0.3 is 10.0 Å². The first-order valence-corrected chi connectivity index (χ1v) is 9.00. The molecule has 2 amide bonds. The van der Waals surface area contributed by atoms with Crippen LogP contribution < -0.4 is 0 Å². The number of benzene rings is 1. The van der Waals surface area contributed by atoms with Crippen molar-refractivity contribution < 1.29 is 14.7 Å². The van der Waals surface area contributed by atoms with Gasteiger partial charge in [-0.25, -0.2) is 0 Å². The molecule has 0 atom stereocenters. The van der Waals surface area contributed by atoms with E-state index in [1.807, 2.05) is 13.8 Å². The Bertz CT molecular complexity index is 667. The number of phenolic OH excluding ortho intramolecular Hbond substituents is 1. The summed E-state index contributed by atoms with van der Waals surface area (Å²) in [7, 11) is 0. The summed E-state index contributed by atoms with van der Waals surface area (Å²) >= 11 is 6.50. The Hall–Kier alpha value is -1.86. The number of carbonyl (C=O) groups excluding carboxylic acids is 2. The topological polar surface area (TPSA) is 60.9 Å². The van der Waals surface area contributed by atoms with Crippen molar-refractivity contribution in [1.82, 2.24) is 9.80 Å². The molecule has 5 nitrogen and oxygen atoms in total. The largest absolute Gasteiger partial charge is 0.508 e. The van der Waals surface area contributed by atoms with Gasteiger partial charge in [0, 0.05) is 26.1 Å². The van der Waals surface area contributed by atoms with Crippen LogP contribution in [0, 0.1) is 0 Å². The number of aromatic hydroxyl groups is 1. The molecule has 2 rings (SSSR count). The summed E-state index contributed by atoms with van der Waals surface area (Å²) in [5, 5.41) is 9.30. The van der Waals surface area contributed by atoms with Crippen molar-refractivity contribution in [2.45, 2.75) is 20.3 Å². The Balaban J connectivity index is 2.03. The van der Waals surface area contributed by atoms with Crippen molar-refractivity contribution in [2.24, 2.45) is 0 Å². The number of phenols is 1. The molecule has 1 N–H and O–H groups in total. The van der Waals surface area contributed by atoms with E-state index in [-0.39, 0.29) is 24.0 Å². The fourth-order valence-electron chi connectivity index (χ4n) is 2.36. The van der Waals surface area contributed by atoms with Crippen molar-refractivity contribution >= 4 is 46.2 Å². The highest BCUT2D eigenvalue weighted by atomic mass is 32.2. The van der Waals surface area contributed by atoms with Crippen molar-refractivity contribution in [3.8, 4) is 5.75 Å². The van der Waals surface area contributed by atoms with Crippen molar-refractivity contribution in [3.63, 3.8) is 0 Å². The van der Waals surface area contributed by atoms with Gasteiger partial charge in [-0.05, 0) is 37.6 Å². The van der Waals surface area contributed by atoms with Crippen molar-refractivity contribution in [2.75, 3.05) is 19.6 Å². The average molecular weight is 364 g/mol. The average Bonchev–Trinajstić information content (AvgIpc) is 2.82. The number of nitrogens with zero attached hydrogens (tertiary/aromatic N) is 2. The van der Waals surface area contributed by atoms with Crippen LogP contribution in [0.2, 0.25) is 0 Å². The number of hydrogen-bond acceptors (Lipinski definition) is 5. The Morgan fingerprint density at radius 1 is 1.29 bits per heavy atom. The minimum Gasteiger partial charge on any atom is -0.508 e. The molecule has 1 aliphatic rings. The van der Waals surface area contributed by atoms with Crippen molar-refractivity contribution in [3.05, 3.63) is 34.7 Å². The van der Waals surface area contributed by atoms with Crippen LogP contribution in [0.25, 0.3) is 6.08 Å². The van der Waals surface area contributed by atoms with Gasteiger partial charge in [0.25, 0.3) is 5.91 Å². The zero-order valence-electron chi connectivity index (χ0n) is 13.7. The molecule has 0 bridgehead atoms. The summed E-state index contributed by atoms with van der Waals surface area (Å²) in [5.41, 5.74) is 0.813. The third-order valence-electron chi connectivity index (χ3n) is 3.73. The lowest BCUT2D eigenvalue weighted by Gasteiger charge is -2.20. The van der Waals surface area contributed by atoms with E-state index in [0.29, 0.717) is 28.9 Å². The fourth-order valence-corrected chi connectivity index (χ4v) is 3.67. The zero-order valence-corrected chi connectivity index (χ0v) is 15.3. The Labute approximate surface area is 151 Å². The van der Waals surface area contributed by atoms with Gasteiger partial charge in [-0.15, -0.1) is 0 Å². The summed E-state index contributed by atoms with van der Waals surface area (Å²) in [6, 6.07) is 6.59. The van der Waals surface area contributed by atoms with Gasteiger partial charge in [0.1, 0.15) is 10.1 Å². The maximum atomic E-state index is 12.5. The molecule has 24 heavy (non-hydrogen) atoms. The second kappa shape index (κ2) is 8.30. The Morgan fingerprint density at radius 3 is 2.50 bits per heavy atom. The van der Waals surface area contributed by atoms with E-state index in [1.54, 1.807) is 35.2 Å². The quantitative estimate of drug-likeness (QED) is 0.621. The summed E-state index contributed by atoms with van der Waals surface area (Å²) in [4.78, 5) is 28.3. The number of thiocarbonyl (C=S) groups is 1. The lowest BCUT2D eigenvalue weighted by molar-refractivity contribution is -0.131. The lowest BCUT2D eigenvalue weighted by atomic mass is 10.2. The summed E-state index contributed by atoms with van der Waals surface area (Å²) in [6.45, 7) is 5.48. The molecule has 1 aromatic rings. The van der Waals surface area contributed by atoms with Gasteiger partial charge in [-0.2, -0.15) is 0 Å². The molecule has 0 saturated carbocycles. The summed E-state index contributed by atoms with van der Waals surface area (Å²) < 4.78 is 0.470. The molecule has 1 heterocycles. The number of thioether (sulfide) groups is 1. The monoisotopic (exact) mass is 364 g/mol. The second-order valence-corrected chi connectivity index (χ2v) is 6.92. The van der Waals surface area contributed by atoms with Crippen LogP contribution in [0.5, 0.6) is 5.75 Å². The highest BCUT2D eigenvalue weighted by Gasteiger charge is 2.32. The molecule has 0 spiro atoms. The molecule has 0 radical (unpaired) electrons. The van der Waals surface area contributed by atoms with E-state index >= 15 is 0 Å². The maximum Gasteiger partial charge on any atom is 0.266 e. The molecule has 0 unspecified atom stereocenters. The molecule has 1 saturated heterocycles. The first kappa shape index (κ1) is 18.5. The third-order valence-corrected chi connectivity index (χ3v) is 5.11. The van der Waals surface area contributed by atoms with Gasteiger partial charge in [0.2, 0.25) is 5.91 Å². The van der Waals surface area contributed by atoms with E-state index < -0.39 is 0 Å². The number of carbonyl (C=O) groups is 2. The number of amides is 2. The number of hydrogen-bond donors (Lipinski definition) is 1. The van der Waals surface area contributed by atoms with Gasteiger partial charge in [0.15, 0.2) is 0 Å². The number of rotatable bonds is 6. The maximum absolute atomic E-state index is 12.5. The van der Waals surface area contributed by atoms with E-state index in [1.165, 1.54) is 16.7 Å². The zero-order chi connectivity index (χ0) is 17.7. The van der Waals surface area contributed by atoms with Crippen LogP contribution in [0.15, 0.2) is 29.2 Å². The van der Waals surface area contributed by atoms with Gasteiger partial charge in [-0.3, -0.25) is 14.5 Å². The van der Waals surface area contributed by atoms with Gasteiger partial charge in [0.05, 0.1) is 4.91 Å². The van der Waals surface area contributed by atoms with E-state index in [4.69, 9.17) is 12.2 Å². The minimum absolute atomic E-state index is 0.0246. The minimum atomic E-state index is -0.176. The highest BCUT2D eigenvalue weighted by Crippen LogP contribution is 2.32. The van der Waals surface area contributed by atoms with Gasteiger partial charge >= 0.3 is 0 Å². The lowest BCUT2D eigenvalue weighted by Crippen LogP contribution is -2.36. The van der Waals surface area contributed by atoms with Crippen molar-refractivity contribution in [1.29, 1.82) is 0 Å². The Morgan fingerprint density at radius 2 is 1.92 bits per heavy atom. The molecule has 1 aromatic carbocycles. The first-order chi connectivity index (χ1) is 11.5. The highest BCUT2D eigenvalue weighted by molar-refractivity contribution is 8.26. The van der Waals surface area contributed by atoms with Crippen LogP contribution in [-0.2, 0) is 9.59 Å². The first-order valence-electron chi connectivity index (χ1n) is 7.78. The van der Waals surface area contributed by atoms with Crippen LogP contribution in [0.3, 0.4) is 0 Å². The third kappa shape index (κ3) is 4.36. The van der Waals surface area contributed by atoms with Crippen LogP contribution in [-0.4, -0.2) is 50.7 Å². The predicted molar refractivity (Wildman–Crippen MR) is 101 cm³/mol. The standard InChI is InChI=1S/C17H20N2O3S2/c1-3-18(4-2)15(21)9-10-19-16(22)14(24-17(19)23)11-12-5-7-13(20)8-6-12/h5-8,11,20H,3-4,9-10H2,1-2H3/b14-11-. The summed E-state index contributed by atoms with van der Waals surface area (Å²) in [5.74, 6) is 0.0246. The SMILES string of the molecule is CCN(CC)C(=O)CCN1C(=O)/C(=C/c2ccc(O)cc2)SC1=S. The van der Waals surface area contributed by atoms with E-state index in [9.17, 15) is 14.7 Å². The van der Waals surface area contributed by atoms with Crippen LogP contribution >= 0.6 is 24.0 Å². The predicted octanol–water partition coefficient (Wildman–Crippen LogP) is 2.85. The molecule has 0 aromatic heterocycles. The molecule has 7 heteroatoms. The normalized spacial score (nSPS) is 16.1. The molecule has 128 valence electrons. The molecule has 1 fully saturated rings. The van der Waals surface area contributed by atoms with E-state index in [2.05, 4.69) is 0 Å². The molecular formula is C17H20N2O3S2. The van der Waals surface area contributed by atoms with E-state index in [0.717, 1.165) is 5.56 Å². The van der Waals surface area contributed by atoms with Crippen LogP contribution in [0.1, 0.15) is 25.8 Å². The smallest absolute Gasteiger partial charge is 0.266 e. The second-order valence-electron chi connectivity index (χ2n) is 5.24.